The average molecular weight is 444 g/mol. The number of nitrogens with zero attached hydrogens (tertiary/aromatic N) is 1. The van der Waals surface area contributed by atoms with E-state index in [-0.39, 0.29) is 26.4 Å². The highest BCUT2D eigenvalue weighted by Gasteiger charge is 2.19. The standard InChI is InChI=1S/C16H8Cl2FN3O3S2/c17-7-1-3-9-12(5-7)27-14(13(9)18)15(23)21-16(26)20-11-6-8(22(24)25)2-4-10(11)19/h1-6H,(H2,20,21,23,26). The molecule has 11 heteroatoms. The first kappa shape index (κ1) is 19.4. The monoisotopic (exact) mass is 443 g/mol. The van der Waals surface area contributed by atoms with E-state index in [1.165, 1.54) is 0 Å². The van der Waals surface area contributed by atoms with E-state index in [1.54, 1.807) is 18.2 Å². The fraction of sp³-hybridized carbons (Fsp3) is 0. The Hall–Kier alpha value is -2.33. The molecule has 0 radical (unpaired) electrons. The number of anilines is 1. The van der Waals surface area contributed by atoms with Crippen LogP contribution in [0.2, 0.25) is 10.0 Å². The van der Waals surface area contributed by atoms with Crippen LogP contribution in [0.25, 0.3) is 10.1 Å². The minimum atomic E-state index is -0.758. The lowest BCUT2D eigenvalue weighted by Gasteiger charge is -2.09. The molecule has 2 N–H and O–H groups in total. The van der Waals surface area contributed by atoms with Crippen LogP contribution in [-0.4, -0.2) is 15.9 Å². The summed E-state index contributed by atoms with van der Waals surface area (Å²) < 4.78 is 14.5. The van der Waals surface area contributed by atoms with E-state index < -0.39 is 16.6 Å². The van der Waals surface area contributed by atoms with Crippen molar-refractivity contribution in [3.05, 3.63) is 67.3 Å². The quantitative estimate of drug-likeness (QED) is 0.322. The predicted octanol–water partition coefficient (Wildman–Crippen LogP) is 5.38. The fourth-order valence-electron chi connectivity index (χ4n) is 2.22. The van der Waals surface area contributed by atoms with Gasteiger partial charge in [-0.2, -0.15) is 0 Å². The minimum absolute atomic E-state index is 0.206. The molecule has 1 aromatic heterocycles. The van der Waals surface area contributed by atoms with Gasteiger partial charge in [-0.15, -0.1) is 11.3 Å². The van der Waals surface area contributed by atoms with Gasteiger partial charge in [0.15, 0.2) is 5.11 Å². The second-order valence-electron chi connectivity index (χ2n) is 5.22. The smallest absolute Gasteiger partial charge is 0.271 e. The van der Waals surface area contributed by atoms with Gasteiger partial charge in [-0.25, -0.2) is 4.39 Å². The largest absolute Gasteiger partial charge is 0.330 e. The van der Waals surface area contributed by atoms with Gasteiger partial charge >= 0.3 is 0 Å². The zero-order valence-corrected chi connectivity index (χ0v) is 16.2. The molecule has 0 aliphatic carbocycles. The Morgan fingerprint density at radius 3 is 2.67 bits per heavy atom. The number of hydrogen-bond donors (Lipinski definition) is 2. The summed E-state index contributed by atoms with van der Waals surface area (Å²) in [6.45, 7) is 0. The number of carbonyl (C=O) groups is 1. The van der Waals surface area contributed by atoms with Crippen LogP contribution in [0.15, 0.2) is 36.4 Å². The number of carbonyl (C=O) groups excluding carboxylic acids is 1. The SMILES string of the molecule is O=C(NC(=S)Nc1cc([N+](=O)[O-])ccc1F)c1sc2cc(Cl)ccc2c1Cl. The molecule has 138 valence electrons. The van der Waals surface area contributed by atoms with Gasteiger partial charge < -0.3 is 5.32 Å². The number of rotatable bonds is 3. The second kappa shape index (κ2) is 7.73. The van der Waals surface area contributed by atoms with Crippen molar-refractivity contribution < 1.29 is 14.1 Å². The van der Waals surface area contributed by atoms with Crippen molar-refractivity contribution in [3.63, 3.8) is 0 Å². The summed E-state index contributed by atoms with van der Waals surface area (Å²) in [5.41, 5.74) is -0.554. The number of nitrogens with one attached hydrogen (secondary N) is 2. The molecule has 0 fully saturated rings. The summed E-state index contributed by atoms with van der Waals surface area (Å²) in [4.78, 5) is 22.8. The number of thiocarbonyl (C=S) groups is 1. The average Bonchev–Trinajstić information content (AvgIpc) is 2.92. The van der Waals surface area contributed by atoms with Crippen LogP contribution in [0, 0.1) is 15.9 Å². The zero-order chi connectivity index (χ0) is 19.7. The third kappa shape index (κ3) is 4.16. The summed E-state index contributed by atoms with van der Waals surface area (Å²) in [6.07, 6.45) is 0. The Kier molecular flexibility index (Phi) is 5.56. The van der Waals surface area contributed by atoms with Gasteiger partial charge in [0.25, 0.3) is 11.6 Å². The van der Waals surface area contributed by atoms with Crippen molar-refractivity contribution in [2.45, 2.75) is 0 Å². The topological polar surface area (TPSA) is 84.3 Å². The zero-order valence-electron chi connectivity index (χ0n) is 13.1. The van der Waals surface area contributed by atoms with Gasteiger partial charge in [-0.1, -0.05) is 29.3 Å². The number of thiophene rings is 1. The van der Waals surface area contributed by atoms with E-state index in [0.29, 0.717) is 10.4 Å². The molecule has 3 aromatic rings. The van der Waals surface area contributed by atoms with Crippen molar-refractivity contribution in [1.29, 1.82) is 0 Å². The summed E-state index contributed by atoms with van der Waals surface area (Å²) >= 11 is 18.3. The maximum Gasteiger partial charge on any atom is 0.271 e. The van der Waals surface area contributed by atoms with Crippen molar-refractivity contribution in [2.24, 2.45) is 0 Å². The molecule has 0 atom stereocenters. The van der Waals surface area contributed by atoms with Crippen molar-refractivity contribution >= 4 is 79.2 Å². The lowest BCUT2D eigenvalue weighted by molar-refractivity contribution is -0.384. The van der Waals surface area contributed by atoms with Crippen molar-refractivity contribution in [2.75, 3.05) is 5.32 Å². The highest BCUT2D eigenvalue weighted by molar-refractivity contribution is 7.80. The molecule has 2 aromatic carbocycles. The molecule has 0 saturated carbocycles. The Balaban J connectivity index is 1.79. The van der Waals surface area contributed by atoms with Crippen molar-refractivity contribution in [3.8, 4) is 0 Å². The summed E-state index contributed by atoms with van der Waals surface area (Å²) in [6, 6.07) is 7.95. The first-order valence-electron chi connectivity index (χ1n) is 7.20. The van der Waals surface area contributed by atoms with Gasteiger partial charge in [0, 0.05) is 27.2 Å². The van der Waals surface area contributed by atoms with Crippen LogP contribution < -0.4 is 10.6 Å². The summed E-state index contributed by atoms with van der Waals surface area (Å²) in [5, 5.41) is 16.8. The Labute approximate surface area is 171 Å². The number of halogens is 3. The van der Waals surface area contributed by atoms with Gasteiger partial charge in [0.1, 0.15) is 10.7 Å². The number of hydrogen-bond acceptors (Lipinski definition) is 5. The molecule has 1 heterocycles. The lowest BCUT2D eigenvalue weighted by atomic mass is 10.2. The van der Waals surface area contributed by atoms with E-state index in [1.807, 2.05) is 0 Å². The second-order valence-corrected chi connectivity index (χ2v) is 7.49. The maximum absolute atomic E-state index is 13.8. The third-order valence-corrected chi connectivity index (χ3v) is 5.53. The lowest BCUT2D eigenvalue weighted by Crippen LogP contribution is -2.34. The molecule has 1 amide bonds. The van der Waals surface area contributed by atoms with Crippen LogP contribution in [0.3, 0.4) is 0 Å². The van der Waals surface area contributed by atoms with Gasteiger partial charge in [-0.3, -0.25) is 20.2 Å². The Morgan fingerprint density at radius 1 is 1.22 bits per heavy atom. The molecule has 27 heavy (non-hydrogen) atoms. The normalized spacial score (nSPS) is 10.6. The van der Waals surface area contributed by atoms with E-state index >= 15 is 0 Å². The Morgan fingerprint density at radius 2 is 1.96 bits per heavy atom. The van der Waals surface area contributed by atoms with Crippen LogP contribution in [-0.2, 0) is 0 Å². The third-order valence-electron chi connectivity index (χ3n) is 3.43. The van der Waals surface area contributed by atoms with E-state index in [0.717, 1.165) is 34.2 Å². The summed E-state index contributed by atoms with van der Waals surface area (Å²) in [7, 11) is 0. The highest BCUT2D eigenvalue weighted by atomic mass is 35.5. The molecule has 0 aliphatic heterocycles. The van der Waals surface area contributed by atoms with Gasteiger partial charge in [-0.05, 0) is 30.4 Å². The molecule has 0 aliphatic rings. The number of non-ortho nitro benzene ring substituents is 1. The van der Waals surface area contributed by atoms with E-state index in [4.69, 9.17) is 35.4 Å². The molecule has 3 rings (SSSR count). The highest BCUT2D eigenvalue weighted by Crippen LogP contribution is 2.36. The Bertz CT molecular complexity index is 1100. The molecular formula is C16H8Cl2FN3O3S2. The molecule has 6 nitrogen and oxygen atoms in total. The van der Waals surface area contributed by atoms with Gasteiger partial charge in [0.2, 0.25) is 0 Å². The first-order valence-corrected chi connectivity index (χ1v) is 9.18. The molecule has 0 spiro atoms. The van der Waals surface area contributed by atoms with E-state index in [2.05, 4.69) is 10.6 Å². The first-order chi connectivity index (χ1) is 12.8. The minimum Gasteiger partial charge on any atom is -0.330 e. The van der Waals surface area contributed by atoms with Crippen molar-refractivity contribution in [1.82, 2.24) is 5.32 Å². The number of nitro groups is 1. The summed E-state index contributed by atoms with van der Waals surface area (Å²) in [5.74, 6) is -1.35. The molecule has 0 unspecified atom stereocenters. The molecule has 0 bridgehead atoms. The van der Waals surface area contributed by atoms with Crippen LogP contribution in [0.5, 0.6) is 0 Å². The number of amides is 1. The van der Waals surface area contributed by atoms with E-state index in [9.17, 15) is 19.3 Å². The maximum atomic E-state index is 13.8. The van der Waals surface area contributed by atoms with Crippen LogP contribution in [0.4, 0.5) is 15.8 Å². The fourth-order valence-corrected chi connectivity index (χ4v) is 4.11. The van der Waals surface area contributed by atoms with Crippen LogP contribution in [0.1, 0.15) is 9.67 Å². The molecule has 0 saturated heterocycles. The van der Waals surface area contributed by atoms with Gasteiger partial charge in [0.05, 0.1) is 15.6 Å². The number of nitro benzene ring substituents is 1. The predicted molar refractivity (Wildman–Crippen MR) is 109 cm³/mol. The number of benzene rings is 2. The van der Waals surface area contributed by atoms with Crippen LogP contribution >= 0.6 is 46.8 Å². The molecular weight excluding hydrogens is 436 g/mol. The number of fused-ring (bicyclic) bond motifs is 1.